The Morgan fingerprint density at radius 1 is 0.542 bits per heavy atom. The van der Waals surface area contributed by atoms with Crippen molar-refractivity contribution in [3.8, 4) is 0 Å². The molecule has 0 unspecified atom stereocenters. The molecule has 0 N–H and O–H groups in total. The van der Waals surface area contributed by atoms with Crippen LogP contribution in [0.1, 0.15) is 11.1 Å². The highest BCUT2D eigenvalue weighted by Crippen LogP contribution is 2.25. The zero-order valence-corrected chi connectivity index (χ0v) is 13.6. The summed E-state index contributed by atoms with van der Waals surface area (Å²) in [6, 6.07) is 27.2. The Bertz CT molecular complexity index is 1100. The molecule has 3 heteroatoms. The minimum atomic E-state index is -2.35. The third kappa shape index (κ3) is 2.39. The van der Waals surface area contributed by atoms with E-state index in [-0.39, 0.29) is 0 Å². The van der Waals surface area contributed by atoms with Crippen LogP contribution in [0.2, 0.25) is 0 Å². The number of rotatable bonds is 2. The molecule has 116 valence electrons. The molecular weight excluding hydrogens is 316 g/mol. The third-order valence-electron chi connectivity index (χ3n) is 4.24. The highest BCUT2D eigenvalue weighted by Gasteiger charge is 2.14. The van der Waals surface area contributed by atoms with E-state index in [0.717, 1.165) is 32.7 Å². The second-order valence-corrected chi connectivity index (χ2v) is 6.49. The fourth-order valence-electron chi connectivity index (χ4n) is 3.17. The lowest BCUT2D eigenvalue weighted by atomic mass is 9.95. The van der Waals surface area contributed by atoms with Crippen LogP contribution in [-0.4, -0.2) is 13.3 Å². The first-order valence-corrected chi connectivity index (χ1v) is 8.76. The van der Waals surface area contributed by atoms with Crippen LogP contribution in [0.5, 0.6) is 0 Å². The molecule has 0 saturated heterocycles. The lowest BCUT2D eigenvalue weighted by Crippen LogP contribution is -2.06. The van der Waals surface area contributed by atoms with Crippen LogP contribution >= 0.6 is 0 Å². The van der Waals surface area contributed by atoms with Crippen molar-refractivity contribution in [2.24, 2.45) is 0 Å². The summed E-state index contributed by atoms with van der Waals surface area (Å²) in [5.41, 5.74) is 1.47. The topological polar surface area (TPSA) is 34.1 Å². The largest absolute Gasteiger partial charge is 0.222 e. The van der Waals surface area contributed by atoms with Crippen molar-refractivity contribution in [3.05, 3.63) is 96.1 Å². The summed E-state index contributed by atoms with van der Waals surface area (Å²) in [4.78, 5) is 0.337. The second-order valence-electron chi connectivity index (χ2n) is 5.62. The van der Waals surface area contributed by atoms with Crippen molar-refractivity contribution in [1.82, 2.24) is 0 Å². The smallest absolute Gasteiger partial charge is 0.184 e. The second kappa shape index (κ2) is 5.95. The summed E-state index contributed by atoms with van der Waals surface area (Å²) in [7, 11) is -2.35. The maximum Gasteiger partial charge on any atom is 0.222 e. The predicted molar refractivity (Wildman–Crippen MR) is 100 cm³/mol. The van der Waals surface area contributed by atoms with Crippen LogP contribution in [0.25, 0.3) is 21.5 Å². The predicted octanol–water partition coefficient (Wildman–Crippen LogP) is 4.44. The summed E-state index contributed by atoms with van der Waals surface area (Å²) in [6.45, 7) is 0. The van der Waals surface area contributed by atoms with E-state index >= 15 is 0 Å². The van der Waals surface area contributed by atoms with Gasteiger partial charge in [-0.1, -0.05) is 84.9 Å². The first kappa shape index (κ1) is 14.7. The Morgan fingerprint density at radius 3 is 1.42 bits per heavy atom. The van der Waals surface area contributed by atoms with Gasteiger partial charge in [-0.2, -0.15) is 8.42 Å². The van der Waals surface area contributed by atoms with E-state index < -0.39 is 10.3 Å². The number of fused-ring (bicyclic) bond motifs is 2. The molecule has 4 aromatic rings. The first-order chi connectivity index (χ1) is 11.8. The van der Waals surface area contributed by atoms with Gasteiger partial charge < -0.3 is 0 Å². The standard InChI is InChI=1S/C21H14O2S/c22-24(23)21(19-13-5-9-15-7-1-3-11-17(15)19)20-14-6-10-16-8-2-4-12-18(16)20/h1-14H. The number of hydrogen-bond donors (Lipinski definition) is 0. The van der Waals surface area contributed by atoms with Gasteiger partial charge in [-0.05, 0) is 21.5 Å². The van der Waals surface area contributed by atoms with Crippen molar-refractivity contribution >= 4 is 36.7 Å². The minimum absolute atomic E-state index is 0.337. The van der Waals surface area contributed by atoms with Gasteiger partial charge in [0.1, 0.15) is 4.86 Å². The zero-order valence-electron chi connectivity index (χ0n) is 12.8. The molecular formula is C21H14O2S. The monoisotopic (exact) mass is 330 g/mol. The van der Waals surface area contributed by atoms with E-state index in [4.69, 9.17) is 0 Å². The molecule has 0 fully saturated rings. The quantitative estimate of drug-likeness (QED) is 0.402. The van der Waals surface area contributed by atoms with Crippen LogP contribution in [-0.2, 0) is 10.3 Å². The van der Waals surface area contributed by atoms with Gasteiger partial charge in [0.25, 0.3) is 0 Å². The van der Waals surface area contributed by atoms with E-state index in [1.165, 1.54) is 0 Å². The molecule has 0 atom stereocenters. The molecule has 4 aromatic carbocycles. The van der Waals surface area contributed by atoms with E-state index in [2.05, 4.69) is 0 Å². The van der Waals surface area contributed by atoms with E-state index in [0.29, 0.717) is 4.86 Å². The molecule has 0 bridgehead atoms. The summed E-state index contributed by atoms with van der Waals surface area (Å²) in [6.07, 6.45) is 0. The Morgan fingerprint density at radius 2 is 0.958 bits per heavy atom. The van der Waals surface area contributed by atoms with Crippen molar-refractivity contribution in [2.75, 3.05) is 0 Å². The van der Waals surface area contributed by atoms with Gasteiger partial charge in [-0.15, -0.1) is 0 Å². The van der Waals surface area contributed by atoms with Crippen molar-refractivity contribution < 1.29 is 8.42 Å². The average molecular weight is 330 g/mol. The van der Waals surface area contributed by atoms with Gasteiger partial charge in [-0.25, -0.2) is 0 Å². The molecule has 4 rings (SSSR count). The lowest BCUT2D eigenvalue weighted by Gasteiger charge is -2.10. The molecule has 0 spiro atoms. The van der Waals surface area contributed by atoms with Crippen LogP contribution in [0.3, 0.4) is 0 Å². The molecule has 0 aliphatic rings. The average Bonchev–Trinajstić information content (AvgIpc) is 2.62. The molecule has 0 aromatic heterocycles. The van der Waals surface area contributed by atoms with Crippen molar-refractivity contribution in [3.63, 3.8) is 0 Å². The lowest BCUT2D eigenvalue weighted by molar-refractivity contribution is 0.627. The van der Waals surface area contributed by atoms with Crippen LogP contribution in [0.15, 0.2) is 84.9 Å². The van der Waals surface area contributed by atoms with Crippen LogP contribution in [0.4, 0.5) is 0 Å². The maximum atomic E-state index is 12.2. The molecule has 0 radical (unpaired) electrons. The zero-order chi connectivity index (χ0) is 16.5. The molecule has 2 nitrogen and oxygen atoms in total. The van der Waals surface area contributed by atoms with Crippen LogP contribution in [0, 0.1) is 0 Å². The van der Waals surface area contributed by atoms with Gasteiger partial charge in [0, 0.05) is 11.1 Å². The third-order valence-corrected chi connectivity index (χ3v) is 5.01. The molecule has 0 saturated carbocycles. The fraction of sp³-hybridized carbons (Fsp3) is 0. The maximum absolute atomic E-state index is 12.2. The summed E-state index contributed by atoms with van der Waals surface area (Å²) < 4.78 is 24.3. The Kier molecular flexibility index (Phi) is 3.63. The Hall–Kier alpha value is -2.91. The van der Waals surface area contributed by atoms with Crippen molar-refractivity contribution in [1.29, 1.82) is 0 Å². The summed E-state index contributed by atoms with van der Waals surface area (Å²) >= 11 is 0. The van der Waals surface area contributed by atoms with E-state index in [1.54, 1.807) is 0 Å². The molecule has 0 aliphatic heterocycles. The molecule has 0 amide bonds. The SMILES string of the molecule is O=S(=O)=C(c1cccc2ccccc12)c1cccc2ccccc12. The van der Waals surface area contributed by atoms with Gasteiger partial charge in [0.2, 0.25) is 10.3 Å². The minimum Gasteiger partial charge on any atom is -0.184 e. The van der Waals surface area contributed by atoms with Crippen LogP contribution < -0.4 is 0 Å². The highest BCUT2D eigenvalue weighted by molar-refractivity contribution is 7.74. The van der Waals surface area contributed by atoms with Gasteiger partial charge >= 0.3 is 0 Å². The molecule has 24 heavy (non-hydrogen) atoms. The van der Waals surface area contributed by atoms with E-state index in [9.17, 15) is 8.42 Å². The van der Waals surface area contributed by atoms with Gasteiger partial charge in [0.15, 0.2) is 0 Å². The summed E-state index contributed by atoms with van der Waals surface area (Å²) in [5.74, 6) is 0. The fourth-order valence-corrected chi connectivity index (χ4v) is 3.89. The normalized spacial score (nSPS) is 10.8. The number of hydrogen-bond acceptors (Lipinski definition) is 2. The van der Waals surface area contributed by atoms with Crippen molar-refractivity contribution in [2.45, 2.75) is 0 Å². The van der Waals surface area contributed by atoms with Gasteiger partial charge in [-0.3, -0.25) is 0 Å². The highest BCUT2D eigenvalue weighted by atomic mass is 32.2. The molecule has 0 aliphatic carbocycles. The number of benzene rings is 4. The summed E-state index contributed by atoms with van der Waals surface area (Å²) in [5, 5.41) is 3.93. The Labute approximate surface area is 141 Å². The van der Waals surface area contributed by atoms with E-state index in [1.807, 2.05) is 84.9 Å². The first-order valence-electron chi connectivity index (χ1n) is 7.68. The van der Waals surface area contributed by atoms with Gasteiger partial charge in [0.05, 0.1) is 0 Å². The Balaban J connectivity index is 2.11. The molecule has 0 heterocycles.